The molecular weight excluding hydrogens is 298 g/mol. The van der Waals surface area contributed by atoms with E-state index < -0.39 is 0 Å². The summed E-state index contributed by atoms with van der Waals surface area (Å²) >= 11 is 5.72. The number of ether oxygens (including phenoxy) is 1. The van der Waals surface area contributed by atoms with Crippen molar-refractivity contribution in [2.24, 2.45) is 4.99 Å². The molecule has 2 rings (SSSR count). The zero-order valence-electron chi connectivity index (χ0n) is 12.2. The van der Waals surface area contributed by atoms with Crippen molar-refractivity contribution in [2.75, 3.05) is 0 Å². The lowest BCUT2D eigenvalue weighted by molar-refractivity contribution is 0.197. The Morgan fingerprint density at radius 1 is 1.23 bits per heavy atom. The van der Waals surface area contributed by atoms with Crippen LogP contribution in [0.15, 0.2) is 65.8 Å². The van der Waals surface area contributed by atoms with Crippen molar-refractivity contribution in [3.05, 3.63) is 77.2 Å². The predicted molar refractivity (Wildman–Crippen MR) is 89.6 cm³/mol. The molecular formula is C17H16ClN3O. The van der Waals surface area contributed by atoms with E-state index in [1.165, 1.54) is 6.20 Å². The molecule has 0 aliphatic heterocycles. The van der Waals surface area contributed by atoms with Gasteiger partial charge in [-0.2, -0.15) is 0 Å². The first-order valence-electron chi connectivity index (χ1n) is 6.69. The molecule has 0 aliphatic rings. The topological polar surface area (TPSA) is 47.4 Å². The van der Waals surface area contributed by atoms with Gasteiger partial charge >= 0.3 is 0 Å². The summed E-state index contributed by atoms with van der Waals surface area (Å²) in [7, 11) is 0. The number of halogens is 1. The molecule has 0 saturated carbocycles. The van der Waals surface area contributed by atoms with E-state index in [1.807, 2.05) is 43.3 Å². The van der Waals surface area contributed by atoms with Gasteiger partial charge < -0.3 is 4.74 Å². The molecule has 1 aromatic carbocycles. The molecule has 0 saturated heterocycles. The minimum Gasteiger partial charge on any atom is -0.473 e. The smallest absolute Gasteiger partial charge is 0.212 e. The molecule has 0 bridgehead atoms. The van der Waals surface area contributed by atoms with Gasteiger partial charge in [0.2, 0.25) is 5.88 Å². The molecule has 112 valence electrons. The van der Waals surface area contributed by atoms with E-state index in [2.05, 4.69) is 21.7 Å². The number of aliphatic imine (C=N–C) groups is 1. The van der Waals surface area contributed by atoms with Crippen molar-refractivity contribution in [1.82, 2.24) is 9.97 Å². The fourth-order valence-electron chi connectivity index (χ4n) is 1.68. The molecule has 4 nitrogen and oxygen atoms in total. The monoisotopic (exact) mass is 313 g/mol. The van der Waals surface area contributed by atoms with Gasteiger partial charge in [0.05, 0.1) is 18.1 Å². The first-order chi connectivity index (χ1) is 10.7. The average molecular weight is 314 g/mol. The van der Waals surface area contributed by atoms with Crippen molar-refractivity contribution in [3.63, 3.8) is 0 Å². The minimum atomic E-state index is 0.367. The molecule has 0 fully saturated rings. The van der Waals surface area contributed by atoms with E-state index in [9.17, 15) is 0 Å². The average Bonchev–Trinajstić information content (AvgIpc) is 2.56. The van der Waals surface area contributed by atoms with Crippen LogP contribution in [0.25, 0.3) is 5.57 Å². The molecule has 2 aromatic rings. The summed E-state index contributed by atoms with van der Waals surface area (Å²) in [6.45, 7) is 5.88. The number of rotatable bonds is 6. The van der Waals surface area contributed by atoms with Gasteiger partial charge in [0.25, 0.3) is 0 Å². The maximum absolute atomic E-state index is 5.72. The first kappa shape index (κ1) is 15.9. The van der Waals surface area contributed by atoms with Crippen molar-refractivity contribution in [1.29, 1.82) is 0 Å². The molecule has 22 heavy (non-hydrogen) atoms. The third-order valence-corrected chi connectivity index (χ3v) is 3.08. The van der Waals surface area contributed by atoms with Crippen LogP contribution in [0, 0.1) is 0 Å². The summed E-state index contributed by atoms with van der Waals surface area (Å²) in [5.74, 6) is 0.449. The largest absolute Gasteiger partial charge is 0.473 e. The Morgan fingerprint density at radius 2 is 2.00 bits per heavy atom. The normalized spacial score (nSPS) is 12.1. The SMILES string of the molecule is C=N/C(=C\C=C(/C)c1cnc(Cl)cn1)OCc1ccccc1. The van der Waals surface area contributed by atoms with Crippen LogP contribution < -0.4 is 0 Å². The maximum atomic E-state index is 5.72. The summed E-state index contributed by atoms with van der Waals surface area (Å²) in [5, 5.41) is 0.367. The Morgan fingerprint density at radius 3 is 2.64 bits per heavy atom. The van der Waals surface area contributed by atoms with Crippen molar-refractivity contribution in [2.45, 2.75) is 13.5 Å². The summed E-state index contributed by atoms with van der Waals surface area (Å²) in [6, 6.07) is 9.88. The van der Waals surface area contributed by atoms with Gasteiger partial charge in [-0.05, 0) is 24.8 Å². The number of nitrogens with zero attached hydrogens (tertiary/aromatic N) is 3. The van der Waals surface area contributed by atoms with Gasteiger partial charge in [-0.3, -0.25) is 4.98 Å². The van der Waals surface area contributed by atoms with E-state index in [1.54, 1.807) is 12.3 Å². The second-order valence-corrected chi connectivity index (χ2v) is 4.90. The van der Waals surface area contributed by atoms with Crippen LogP contribution in [0.1, 0.15) is 18.2 Å². The Kier molecular flexibility index (Phi) is 5.86. The first-order valence-corrected chi connectivity index (χ1v) is 7.07. The Labute approximate surface area is 134 Å². The Bertz CT molecular complexity index is 679. The van der Waals surface area contributed by atoms with Crippen LogP contribution >= 0.6 is 11.6 Å². The highest BCUT2D eigenvalue weighted by Crippen LogP contribution is 2.13. The molecule has 0 spiro atoms. The highest BCUT2D eigenvalue weighted by Gasteiger charge is 1.99. The highest BCUT2D eigenvalue weighted by atomic mass is 35.5. The van der Waals surface area contributed by atoms with Crippen LogP contribution in [-0.2, 0) is 11.3 Å². The van der Waals surface area contributed by atoms with Gasteiger partial charge in [0.1, 0.15) is 11.8 Å². The second-order valence-electron chi connectivity index (χ2n) is 4.51. The van der Waals surface area contributed by atoms with E-state index >= 15 is 0 Å². The number of allylic oxidation sites excluding steroid dienone is 3. The molecule has 0 atom stereocenters. The molecule has 1 heterocycles. The van der Waals surface area contributed by atoms with Crippen LogP contribution in [0.4, 0.5) is 0 Å². The van der Waals surface area contributed by atoms with Crippen molar-refractivity contribution < 1.29 is 4.74 Å². The van der Waals surface area contributed by atoms with E-state index in [0.29, 0.717) is 17.6 Å². The van der Waals surface area contributed by atoms with Gasteiger partial charge in [-0.15, -0.1) is 0 Å². The third kappa shape index (κ3) is 4.82. The number of hydrogen-bond acceptors (Lipinski definition) is 4. The van der Waals surface area contributed by atoms with Crippen LogP contribution in [0.5, 0.6) is 0 Å². The van der Waals surface area contributed by atoms with Gasteiger partial charge in [-0.25, -0.2) is 9.98 Å². The highest BCUT2D eigenvalue weighted by molar-refractivity contribution is 6.29. The van der Waals surface area contributed by atoms with Gasteiger partial charge in [0.15, 0.2) is 0 Å². The lowest BCUT2D eigenvalue weighted by Crippen LogP contribution is -1.91. The third-order valence-electron chi connectivity index (χ3n) is 2.89. The van der Waals surface area contributed by atoms with Crippen LogP contribution in [-0.4, -0.2) is 16.7 Å². The number of hydrogen-bond donors (Lipinski definition) is 0. The number of aromatic nitrogens is 2. The number of benzene rings is 1. The molecule has 0 aliphatic carbocycles. The summed E-state index contributed by atoms with van der Waals surface area (Å²) in [6.07, 6.45) is 6.73. The van der Waals surface area contributed by atoms with Gasteiger partial charge in [0, 0.05) is 6.08 Å². The zero-order valence-corrected chi connectivity index (χ0v) is 13.0. The van der Waals surface area contributed by atoms with E-state index in [0.717, 1.165) is 16.8 Å². The van der Waals surface area contributed by atoms with Crippen molar-refractivity contribution >= 4 is 23.9 Å². The quantitative estimate of drug-likeness (QED) is 0.454. The molecule has 1 aromatic heterocycles. The minimum absolute atomic E-state index is 0.367. The van der Waals surface area contributed by atoms with E-state index in [-0.39, 0.29) is 0 Å². The van der Waals surface area contributed by atoms with E-state index in [4.69, 9.17) is 16.3 Å². The summed E-state index contributed by atoms with van der Waals surface area (Å²) in [5.41, 5.74) is 2.74. The molecule has 0 unspecified atom stereocenters. The molecule has 0 radical (unpaired) electrons. The van der Waals surface area contributed by atoms with Gasteiger partial charge in [-0.1, -0.05) is 48.0 Å². The second kappa shape index (κ2) is 8.10. The lowest BCUT2D eigenvalue weighted by atomic mass is 10.2. The predicted octanol–water partition coefficient (Wildman–Crippen LogP) is 4.29. The fraction of sp³-hybridized carbons (Fsp3) is 0.118. The Hall–Kier alpha value is -2.46. The fourth-order valence-corrected chi connectivity index (χ4v) is 1.77. The van der Waals surface area contributed by atoms with Crippen LogP contribution in [0.2, 0.25) is 5.15 Å². The molecule has 5 heteroatoms. The molecule has 0 amide bonds. The van der Waals surface area contributed by atoms with Crippen molar-refractivity contribution in [3.8, 4) is 0 Å². The summed E-state index contributed by atoms with van der Waals surface area (Å²) in [4.78, 5) is 12.1. The van der Waals surface area contributed by atoms with Crippen LogP contribution in [0.3, 0.4) is 0 Å². The summed E-state index contributed by atoms with van der Waals surface area (Å²) < 4.78 is 5.61. The molecule has 0 N–H and O–H groups in total. The zero-order chi connectivity index (χ0) is 15.8. The maximum Gasteiger partial charge on any atom is 0.212 e. The Balaban J connectivity index is 2.03. The standard InChI is InChI=1S/C17H16ClN3O/c1-13(15-10-21-16(18)11-20-15)8-9-17(19-2)22-12-14-6-4-3-5-7-14/h3-11H,2,12H2,1H3/b13-8+,17-9+. The lowest BCUT2D eigenvalue weighted by Gasteiger charge is -2.05.